The predicted molar refractivity (Wildman–Crippen MR) is 83.1 cm³/mol. The Morgan fingerprint density at radius 1 is 1.05 bits per heavy atom. The number of hydrogen-bond acceptors (Lipinski definition) is 3. The van der Waals surface area contributed by atoms with Gasteiger partial charge in [0.05, 0.1) is 0 Å². The molecular weight excluding hydrogens is 282 g/mol. The first kappa shape index (κ1) is 16.8. The monoisotopic (exact) mass is 309 g/mol. The summed E-state index contributed by atoms with van der Waals surface area (Å²) in [5, 5.41) is 5.74. The Balaban J connectivity index is 1.82. The maximum Gasteiger partial charge on any atom is 0.243 e. The number of carbonyl (C=O) groups excluding carboxylic acids is 3. The van der Waals surface area contributed by atoms with Crippen LogP contribution >= 0.6 is 0 Å². The van der Waals surface area contributed by atoms with Crippen LogP contribution in [0.3, 0.4) is 0 Å². The number of nitrogens with zero attached hydrogens (tertiary/aromatic N) is 1. The summed E-state index contributed by atoms with van der Waals surface area (Å²) in [7, 11) is 0. The molecule has 0 spiro atoms. The van der Waals surface area contributed by atoms with E-state index in [1.165, 1.54) is 26.2 Å². The largest absolute Gasteiger partial charge is 0.356 e. The molecule has 0 aromatic rings. The molecule has 2 fully saturated rings. The standard InChI is InChI=1S/C16H27N3O3/c1-12(20)17-10-9-15(21)19-11-5-8-14(19)16(22)18-13-6-3-2-4-7-13/h13-14H,2-11H2,1H3,(H,17,20)(H,18,22)/t14-/m1/s1. The maximum absolute atomic E-state index is 12.4. The summed E-state index contributed by atoms with van der Waals surface area (Å²) in [6, 6.07) is -0.0510. The van der Waals surface area contributed by atoms with Crippen molar-refractivity contribution >= 4 is 17.7 Å². The minimum Gasteiger partial charge on any atom is -0.356 e. The molecule has 3 amide bonds. The third-order valence-corrected chi connectivity index (χ3v) is 4.54. The van der Waals surface area contributed by atoms with Gasteiger partial charge in [-0.15, -0.1) is 0 Å². The van der Waals surface area contributed by atoms with Gasteiger partial charge in [0.1, 0.15) is 6.04 Å². The molecule has 2 aliphatic rings. The van der Waals surface area contributed by atoms with Gasteiger partial charge in [-0.1, -0.05) is 19.3 Å². The first-order valence-corrected chi connectivity index (χ1v) is 8.42. The number of hydrogen-bond donors (Lipinski definition) is 2. The van der Waals surface area contributed by atoms with Crippen molar-refractivity contribution in [2.75, 3.05) is 13.1 Å². The van der Waals surface area contributed by atoms with Crippen LogP contribution in [-0.2, 0) is 14.4 Å². The topological polar surface area (TPSA) is 78.5 Å². The number of rotatable bonds is 5. The van der Waals surface area contributed by atoms with Gasteiger partial charge in [0, 0.05) is 32.5 Å². The van der Waals surface area contributed by atoms with Gasteiger partial charge in [-0.3, -0.25) is 14.4 Å². The molecule has 1 aliphatic carbocycles. The molecule has 6 heteroatoms. The molecule has 0 radical (unpaired) electrons. The fourth-order valence-corrected chi connectivity index (χ4v) is 3.37. The number of amides is 3. The highest BCUT2D eigenvalue weighted by Gasteiger charge is 2.34. The van der Waals surface area contributed by atoms with E-state index in [4.69, 9.17) is 0 Å². The molecule has 1 heterocycles. The highest BCUT2D eigenvalue weighted by molar-refractivity contribution is 5.88. The van der Waals surface area contributed by atoms with Gasteiger partial charge in [0.15, 0.2) is 0 Å². The SMILES string of the molecule is CC(=O)NCCC(=O)N1CCC[C@@H]1C(=O)NC1CCCCC1. The molecule has 1 saturated carbocycles. The van der Waals surface area contributed by atoms with Crippen LogP contribution in [0.5, 0.6) is 0 Å². The van der Waals surface area contributed by atoms with Crippen molar-refractivity contribution in [1.29, 1.82) is 0 Å². The van der Waals surface area contributed by atoms with Crippen LogP contribution in [0, 0.1) is 0 Å². The number of likely N-dealkylation sites (tertiary alicyclic amines) is 1. The zero-order chi connectivity index (χ0) is 15.9. The lowest BCUT2D eigenvalue weighted by Gasteiger charge is -2.28. The van der Waals surface area contributed by atoms with Crippen LogP contribution in [0.25, 0.3) is 0 Å². The molecule has 2 rings (SSSR count). The zero-order valence-electron chi connectivity index (χ0n) is 13.4. The van der Waals surface area contributed by atoms with E-state index < -0.39 is 0 Å². The Hall–Kier alpha value is -1.59. The summed E-state index contributed by atoms with van der Waals surface area (Å²) >= 11 is 0. The lowest BCUT2D eigenvalue weighted by molar-refractivity contribution is -0.138. The van der Waals surface area contributed by atoms with Crippen LogP contribution in [-0.4, -0.2) is 47.8 Å². The normalized spacial score (nSPS) is 22.4. The smallest absolute Gasteiger partial charge is 0.243 e. The van der Waals surface area contributed by atoms with Crippen molar-refractivity contribution in [3.8, 4) is 0 Å². The van der Waals surface area contributed by atoms with Crippen LogP contribution in [0.1, 0.15) is 58.3 Å². The van der Waals surface area contributed by atoms with Crippen molar-refractivity contribution in [1.82, 2.24) is 15.5 Å². The van der Waals surface area contributed by atoms with E-state index in [0.29, 0.717) is 13.1 Å². The highest BCUT2D eigenvalue weighted by atomic mass is 16.2. The molecule has 1 saturated heterocycles. The molecule has 0 aromatic heterocycles. The van der Waals surface area contributed by atoms with Gasteiger partial charge in [0.25, 0.3) is 0 Å². The molecule has 2 N–H and O–H groups in total. The van der Waals surface area contributed by atoms with E-state index >= 15 is 0 Å². The summed E-state index contributed by atoms with van der Waals surface area (Å²) in [4.78, 5) is 37.2. The summed E-state index contributed by atoms with van der Waals surface area (Å²) in [5.41, 5.74) is 0. The first-order valence-electron chi connectivity index (χ1n) is 8.42. The second-order valence-electron chi connectivity index (χ2n) is 6.32. The minimum absolute atomic E-state index is 0.00252. The molecule has 0 unspecified atom stereocenters. The Morgan fingerprint density at radius 2 is 1.77 bits per heavy atom. The third kappa shape index (κ3) is 4.71. The average molecular weight is 309 g/mol. The molecule has 22 heavy (non-hydrogen) atoms. The third-order valence-electron chi connectivity index (χ3n) is 4.54. The Morgan fingerprint density at radius 3 is 2.45 bits per heavy atom. The van der Waals surface area contributed by atoms with Crippen molar-refractivity contribution in [2.45, 2.75) is 70.4 Å². The lowest BCUT2D eigenvalue weighted by Crippen LogP contribution is -2.49. The first-order chi connectivity index (χ1) is 10.6. The van der Waals surface area contributed by atoms with Crippen LogP contribution < -0.4 is 10.6 Å². The van der Waals surface area contributed by atoms with Gasteiger partial charge in [0.2, 0.25) is 17.7 Å². The summed E-state index contributed by atoms with van der Waals surface area (Å²) in [6.45, 7) is 2.41. The fraction of sp³-hybridized carbons (Fsp3) is 0.812. The molecule has 0 bridgehead atoms. The quantitative estimate of drug-likeness (QED) is 0.794. The van der Waals surface area contributed by atoms with E-state index in [9.17, 15) is 14.4 Å². The second-order valence-corrected chi connectivity index (χ2v) is 6.32. The molecule has 1 aliphatic heterocycles. The molecule has 1 atom stereocenters. The van der Waals surface area contributed by atoms with Crippen LogP contribution in [0.15, 0.2) is 0 Å². The van der Waals surface area contributed by atoms with Gasteiger partial charge in [-0.2, -0.15) is 0 Å². The van der Waals surface area contributed by atoms with Gasteiger partial charge < -0.3 is 15.5 Å². The van der Waals surface area contributed by atoms with E-state index in [-0.39, 0.29) is 36.2 Å². The fourth-order valence-electron chi connectivity index (χ4n) is 3.37. The maximum atomic E-state index is 12.4. The van der Waals surface area contributed by atoms with E-state index in [1.54, 1.807) is 4.90 Å². The molecule has 124 valence electrons. The highest BCUT2D eigenvalue weighted by Crippen LogP contribution is 2.21. The zero-order valence-corrected chi connectivity index (χ0v) is 13.4. The predicted octanol–water partition coefficient (Wildman–Crippen LogP) is 0.952. The summed E-state index contributed by atoms with van der Waals surface area (Å²) in [6.07, 6.45) is 7.57. The van der Waals surface area contributed by atoms with Crippen molar-refractivity contribution in [2.24, 2.45) is 0 Å². The number of nitrogens with one attached hydrogen (secondary N) is 2. The van der Waals surface area contributed by atoms with E-state index in [0.717, 1.165) is 25.7 Å². The van der Waals surface area contributed by atoms with Gasteiger partial charge >= 0.3 is 0 Å². The van der Waals surface area contributed by atoms with Gasteiger partial charge in [-0.25, -0.2) is 0 Å². The Bertz CT molecular complexity index is 419. The minimum atomic E-state index is -0.327. The van der Waals surface area contributed by atoms with E-state index in [2.05, 4.69) is 10.6 Å². The Labute approximate surface area is 132 Å². The van der Waals surface area contributed by atoms with Crippen molar-refractivity contribution < 1.29 is 14.4 Å². The summed E-state index contributed by atoms with van der Waals surface area (Å²) < 4.78 is 0. The van der Waals surface area contributed by atoms with Crippen molar-refractivity contribution in [3.05, 3.63) is 0 Å². The van der Waals surface area contributed by atoms with E-state index in [1.807, 2.05) is 0 Å². The number of carbonyl (C=O) groups is 3. The molecule has 6 nitrogen and oxygen atoms in total. The summed E-state index contributed by atoms with van der Waals surface area (Å²) in [5.74, 6) is -0.187. The molecule has 0 aromatic carbocycles. The van der Waals surface area contributed by atoms with Crippen LogP contribution in [0.4, 0.5) is 0 Å². The average Bonchev–Trinajstić information content (AvgIpc) is 2.97. The van der Waals surface area contributed by atoms with Crippen LogP contribution in [0.2, 0.25) is 0 Å². The Kier molecular flexibility index (Phi) is 6.21. The molecular formula is C16H27N3O3. The van der Waals surface area contributed by atoms with Gasteiger partial charge in [-0.05, 0) is 25.7 Å². The van der Waals surface area contributed by atoms with Crippen molar-refractivity contribution in [3.63, 3.8) is 0 Å². The second kappa shape index (κ2) is 8.15. The lowest BCUT2D eigenvalue weighted by atomic mass is 9.95.